The molecule has 22 heavy (non-hydrogen) atoms. The van der Waals surface area contributed by atoms with Gasteiger partial charge in [-0.1, -0.05) is 0 Å². The number of hydrogen-bond acceptors (Lipinski definition) is 6. The molecule has 1 aliphatic heterocycles. The first-order valence-electron chi connectivity index (χ1n) is 6.71. The monoisotopic (exact) mass is 324 g/mol. The molecule has 0 saturated carbocycles. The highest BCUT2D eigenvalue weighted by molar-refractivity contribution is 6.10. The van der Waals surface area contributed by atoms with E-state index in [-0.39, 0.29) is 13.2 Å². The molecule has 1 heterocycles. The highest BCUT2D eigenvalue weighted by Gasteiger charge is 2.36. The molecule has 1 rings (SSSR count). The molecule has 0 unspecified atom stereocenters. The lowest BCUT2D eigenvalue weighted by Crippen LogP contribution is -2.27. The van der Waals surface area contributed by atoms with E-state index in [0.29, 0.717) is 19.6 Å². The van der Waals surface area contributed by atoms with Crippen LogP contribution in [-0.2, 0) is 19.0 Å². The van der Waals surface area contributed by atoms with Crippen molar-refractivity contribution in [3.05, 3.63) is 11.3 Å². The number of halogens is 3. The molecule has 0 aliphatic carbocycles. The molecular formula is C13H19F3N2O4. The second-order valence-electron chi connectivity index (χ2n) is 4.66. The van der Waals surface area contributed by atoms with Gasteiger partial charge in [-0.05, 0) is 13.8 Å². The molecule has 1 fully saturated rings. The predicted molar refractivity (Wildman–Crippen MR) is 72.2 cm³/mol. The van der Waals surface area contributed by atoms with Crippen molar-refractivity contribution in [2.45, 2.75) is 32.2 Å². The van der Waals surface area contributed by atoms with Crippen LogP contribution in [0.2, 0.25) is 0 Å². The van der Waals surface area contributed by atoms with Crippen molar-refractivity contribution in [3.8, 4) is 0 Å². The SMILES string of the molecule is CCOC(=O)C(C=NCCC1(C)OCCO1)=C(N)C(F)(F)F. The third-order valence-corrected chi connectivity index (χ3v) is 2.90. The molecule has 0 aromatic rings. The fraction of sp³-hybridized carbons (Fsp3) is 0.692. The number of hydrogen-bond donors (Lipinski definition) is 1. The number of esters is 1. The van der Waals surface area contributed by atoms with Crippen LogP contribution < -0.4 is 5.73 Å². The predicted octanol–water partition coefficient (Wildman–Crippen LogP) is 1.55. The van der Waals surface area contributed by atoms with E-state index in [4.69, 9.17) is 15.2 Å². The Bertz CT molecular complexity index is 455. The lowest BCUT2D eigenvalue weighted by atomic mass is 10.2. The van der Waals surface area contributed by atoms with Crippen LogP contribution in [0.4, 0.5) is 13.2 Å². The van der Waals surface area contributed by atoms with Gasteiger partial charge >= 0.3 is 12.1 Å². The summed E-state index contributed by atoms with van der Waals surface area (Å²) in [4.78, 5) is 15.3. The fourth-order valence-electron chi connectivity index (χ4n) is 1.72. The largest absolute Gasteiger partial charge is 0.462 e. The van der Waals surface area contributed by atoms with Crippen LogP contribution in [0.3, 0.4) is 0 Å². The van der Waals surface area contributed by atoms with E-state index >= 15 is 0 Å². The molecule has 0 radical (unpaired) electrons. The summed E-state index contributed by atoms with van der Waals surface area (Å²) in [5.41, 5.74) is 2.62. The molecule has 0 amide bonds. The van der Waals surface area contributed by atoms with Crippen LogP contribution in [0.5, 0.6) is 0 Å². The van der Waals surface area contributed by atoms with Crippen molar-refractivity contribution in [3.63, 3.8) is 0 Å². The minimum atomic E-state index is -4.84. The number of rotatable bonds is 6. The number of alkyl halides is 3. The maximum Gasteiger partial charge on any atom is 0.431 e. The maximum absolute atomic E-state index is 12.6. The van der Waals surface area contributed by atoms with Crippen LogP contribution in [-0.4, -0.2) is 50.5 Å². The van der Waals surface area contributed by atoms with Crippen LogP contribution in [0.25, 0.3) is 0 Å². The zero-order valence-electron chi connectivity index (χ0n) is 12.4. The zero-order valence-corrected chi connectivity index (χ0v) is 12.4. The van der Waals surface area contributed by atoms with Crippen molar-refractivity contribution in [1.82, 2.24) is 0 Å². The summed E-state index contributed by atoms with van der Waals surface area (Å²) in [6.07, 6.45) is -3.72. The number of nitrogens with two attached hydrogens (primary N) is 1. The molecular weight excluding hydrogens is 305 g/mol. The molecule has 0 bridgehead atoms. The second-order valence-corrected chi connectivity index (χ2v) is 4.66. The Morgan fingerprint density at radius 2 is 2.00 bits per heavy atom. The van der Waals surface area contributed by atoms with Gasteiger partial charge < -0.3 is 19.9 Å². The summed E-state index contributed by atoms with van der Waals surface area (Å²) >= 11 is 0. The summed E-state index contributed by atoms with van der Waals surface area (Å²) in [6.45, 7) is 4.14. The Kier molecular flexibility index (Phi) is 6.36. The lowest BCUT2D eigenvalue weighted by Gasteiger charge is -2.20. The topological polar surface area (TPSA) is 83.1 Å². The first-order valence-corrected chi connectivity index (χ1v) is 6.71. The van der Waals surface area contributed by atoms with Crippen molar-refractivity contribution >= 4 is 12.2 Å². The van der Waals surface area contributed by atoms with Gasteiger partial charge in [0, 0.05) is 19.2 Å². The van der Waals surface area contributed by atoms with Crippen LogP contribution in [0, 0.1) is 0 Å². The third-order valence-electron chi connectivity index (χ3n) is 2.90. The molecule has 126 valence electrons. The molecule has 9 heteroatoms. The van der Waals surface area contributed by atoms with E-state index < -0.39 is 29.2 Å². The highest BCUT2D eigenvalue weighted by atomic mass is 19.4. The normalized spacial score (nSPS) is 19.3. The number of carbonyl (C=O) groups excluding carboxylic acids is 1. The van der Waals surface area contributed by atoms with E-state index in [1.54, 1.807) is 6.92 Å². The van der Waals surface area contributed by atoms with Crippen molar-refractivity contribution in [1.29, 1.82) is 0 Å². The van der Waals surface area contributed by atoms with E-state index in [1.807, 2.05) is 0 Å². The summed E-state index contributed by atoms with van der Waals surface area (Å²) in [7, 11) is 0. The van der Waals surface area contributed by atoms with Gasteiger partial charge in [-0.15, -0.1) is 0 Å². The quantitative estimate of drug-likeness (QED) is 0.455. The molecule has 1 saturated heterocycles. The molecule has 0 spiro atoms. The number of allylic oxidation sites excluding steroid dienone is 1. The van der Waals surface area contributed by atoms with Gasteiger partial charge in [0.15, 0.2) is 5.79 Å². The smallest absolute Gasteiger partial charge is 0.431 e. The van der Waals surface area contributed by atoms with Gasteiger partial charge in [0.1, 0.15) is 11.3 Å². The van der Waals surface area contributed by atoms with Gasteiger partial charge in [0.2, 0.25) is 0 Å². The van der Waals surface area contributed by atoms with Crippen LogP contribution in [0.15, 0.2) is 16.3 Å². The number of nitrogens with zero attached hydrogens (tertiary/aromatic N) is 1. The van der Waals surface area contributed by atoms with Gasteiger partial charge in [0.05, 0.1) is 19.8 Å². The van der Waals surface area contributed by atoms with Crippen LogP contribution in [0.1, 0.15) is 20.3 Å². The van der Waals surface area contributed by atoms with E-state index in [1.165, 1.54) is 6.92 Å². The summed E-state index contributed by atoms with van der Waals surface area (Å²) in [5.74, 6) is -1.97. The standard InChI is InChI=1S/C13H19F3N2O4/c1-3-20-11(19)9(10(17)13(14,15)16)8-18-5-4-12(2)21-6-7-22-12/h8H,3-7,17H2,1-2H3. The first-order chi connectivity index (χ1) is 10.2. The van der Waals surface area contributed by atoms with Gasteiger partial charge in [0.25, 0.3) is 0 Å². The molecule has 6 nitrogen and oxygen atoms in total. The van der Waals surface area contributed by atoms with Crippen molar-refractivity contribution < 1.29 is 32.2 Å². The molecule has 2 N–H and O–H groups in total. The Morgan fingerprint density at radius 3 is 2.50 bits per heavy atom. The lowest BCUT2D eigenvalue weighted by molar-refractivity contribution is -0.144. The van der Waals surface area contributed by atoms with E-state index in [0.717, 1.165) is 6.21 Å². The molecule has 0 aromatic heterocycles. The minimum absolute atomic E-state index is 0.0684. The molecule has 1 aliphatic rings. The molecule has 0 aromatic carbocycles. The van der Waals surface area contributed by atoms with E-state index in [9.17, 15) is 18.0 Å². The first kappa shape index (κ1) is 18.4. The number of aliphatic imine (C=N–C) groups is 1. The summed E-state index contributed by atoms with van der Waals surface area (Å²) in [6, 6.07) is 0. The number of carbonyl (C=O) groups is 1. The maximum atomic E-state index is 12.6. The average molecular weight is 324 g/mol. The average Bonchev–Trinajstić information content (AvgIpc) is 2.84. The number of ether oxygens (including phenoxy) is 3. The zero-order chi connectivity index (χ0) is 16.8. The highest BCUT2D eigenvalue weighted by Crippen LogP contribution is 2.25. The fourth-order valence-corrected chi connectivity index (χ4v) is 1.72. The summed E-state index contributed by atoms with van der Waals surface area (Å²) in [5, 5.41) is 0. The van der Waals surface area contributed by atoms with Gasteiger partial charge in [-0.3, -0.25) is 4.99 Å². The summed E-state index contributed by atoms with van der Waals surface area (Å²) < 4.78 is 53.1. The minimum Gasteiger partial charge on any atom is -0.462 e. The van der Waals surface area contributed by atoms with Crippen molar-refractivity contribution in [2.24, 2.45) is 10.7 Å². The Hall–Kier alpha value is -1.61. The van der Waals surface area contributed by atoms with Gasteiger partial charge in [-0.25, -0.2) is 4.79 Å². The second kappa shape index (κ2) is 7.59. The van der Waals surface area contributed by atoms with Gasteiger partial charge in [-0.2, -0.15) is 13.2 Å². The third kappa shape index (κ3) is 5.30. The van der Waals surface area contributed by atoms with E-state index in [2.05, 4.69) is 9.73 Å². The van der Waals surface area contributed by atoms with Crippen molar-refractivity contribution in [2.75, 3.05) is 26.4 Å². The Labute approximate surface area is 126 Å². The van der Waals surface area contributed by atoms with Crippen LogP contribution >= 0.6 is 0 Å². The Morgan fingerprint density at radius 1 is 1.41 bits per heavy atom. The molecule has 0 atom stereocenters. The Balaban J connectivity index is 2.76.